The van der Waals surface area contributed by atoms with Crippen molar-refractivity contribution in [2.75, 3.05) is 7.11 Å². The molecule has 1 amide bonds. The van der Waals surface area contributed by atoms with Crippen molar-refractivity contribution in [2.24, 2.45) is 0 Å². The Kier molecular flexibility index (Phi) is 7.05. The van der Waals surface area contributed by atoms with Crippen LogP contribution in [0.2, 0.25) is 0 Å². The maximum absolute atomic E-state index is 12.5. The highest BCUT2D eigenvalue weighted by molar-refractivity contribution is 5.96. The molecular weight excluding hydrogens is 398 g/mol. The molecule has 0 bridgehead atoms. The van der Waals surface area contributed by atoms with E-state index in [1.54, 1.807) is 66.7 Å². The maximum atomic E-state index is 12.5. The van der Waals surface area contributed by atoms with Gasteiger partial charge in [-0.25, -0.2) is 14.8 Å². The number of ether oxygens (including phenoxy) is 1. The molecule has 1 aromatic heterocycles. The summed E-state index contributed by atoms with van der Waals surface area (Å²) in [5, 5.41) is 12.4. The summed E-state index contributed by atoms with van der Waals surface area (Å²) in [6.07, 6.45) is 1.45. The number of nitrogens with zero attached hydrogens (tertiary/aromatic N) is 2. The summed E-state index contributed by atoms with van der Waals surface area (Å²) in [5.41, 5.74) is 1.33. The number of nitrogens with one attached hydrogen (secondary N) is 1. The number of esters is 1. The summed E-state index contributed by atoms with van der Waals surface area (Å²) in [4.78, 5) is 45.1. The van der Waals surface area contributed by atoms with Crippen molar-refractivity contribution in [1.82, 2.24) is 15.3 Å². The van der Waals surface area contributed by atoms with Crippen LogP contribution in [0, 0.1) is 0 Å². The predicted octanol–water partition coefficient (Wildman–Crippen LogP) is 2.21. The molecule has 0 saturated heterocycles. The number of carbonyl (C=O) groups excluding carboxylic acids is 2. The van der Waals surface area contributed by atoms with Crippen molar-refractivity contribution in [2.45, 2.75) is 18.4 Å². The Bertz CT molecular complexity index is 1060. The van der Waals surface area contributed by atoms with Crippen LogP contribution in [-0.2, 0) is 20.7 Å². The number of aromatic nitrogens is 2. The first-order chi connectivity index (χ1) is 15.0. The Labute approximate surface area is 178 Å². The molecule has 2 atom stereocenters. The van der Waals surface area contributed by atoms with E-state index in [0.717, 1.165) is 0 Å². The molecule has 3 aromatic rings. The second kappa shape index (κ2) is 10.1. The van der Waals surface area contributed by atoms with E-state index in [1.807, 2.05) is 0 Å². The Morgan fingerprint density at radius 3 is 2.26 bits per heavy atom. The van der Waals surface area contributed by atoms with E-state index in [-0.39, 0.29) is 12.2 Å². The van der Waals surface area contributed by atoms with Crippen molar-refractivity contribution in [3.05, 3.63) is 95.6 Å². The average Bonchev–Trinajstić information content (AvgIpc) is 2.79. The van der Waals surface area contributed by atoms with Gasteiger partial charge in [-0.05, 0) is 23.8 Å². The van der Waals surface area contributed by atoms with Crippen LogP contribution in [0.5, 0.6) is 0 Å². The fourth-order valence-electron chi connectivity index (χ4n) is 3.09. The zero-order chi connectivity index (χ0) is 22.2. The molecule has 1 unspecified atom stereocenters. The number of hydrogen-bond acceptors (Lipinski definition) is 6. The molecule has 0 aliphatic heterocycles. The number of hydrogen-bond donors (Lipinski definition) is 2. The zero-order valence-corrected chi connectivity index (χ0v) is 16.8. The van der Waals surface area contributed by atoms with Gasteiger partial charge in [0.2, 0.25) is 0 Å². The van der Waals surface area contributed by atoms with Gasteiger partial charge < -0.3 is 15.2 Å². The van der Waals surface area contributed by atoms with Gasteiger partial charge in [0.25, 0.3) is 5.91 Å². The van der Waals surface area contributed by atoms with Gasteiger partial charge in [0, 0.05) is 23.9 Å². The van der Waals surface area contributed by atoms with E-state index in [9.17, 15) is 19.5 Å². The molecule has 2 N–H and O–H groups in total. The van der Waals surface area contributed by atoms with E-state index in [2.05, 4.69) is 15.3 Å². The number of methoxy groups -OCH3 is 1. The third kappa shape index (κ3) is 5.51. The number of aliphatic carboxylic acids is 1. The largest absolute Gasteiger partial charge is 0.480 e. The summed E-state index contributed by atoms with van der Waals surface area (Å²) in [6.45, 7) is 0. The monoisotopic (exact) mass is 419 g/mol. The molecule has 2 aromatic carbocycles. The topological polar surface area (TPSA) is 118 Å². The van der Waals surface area contributed by atoms with E-state index in [4.69, 9.17) is 4.74 Å². The van der Waals surface area contributed by atoms with Crippen molar-refractivity contribution in [3.63, 3.8) is 0 Å². The van der Waals surface area contributed by atoms with Crippen LogP contribution in [0.3, 0.4) is 0 Å². The van der Waals surface area contributed by atoms with E-state index < -0.39 is 29.8 Å². The molecule has 1 heterocycles. The van der Waals surface area contributed by atoms with Crippen LogP contribution in [0.1, 0.15) is 33.4 Å². The Morgan fingerprint density at radius 2 is 1.65 bits per heavy atom. The lowest BCUT2D eigenvalue weighted by Gasteiger charge is -2.17. The van der Waals surface area contributed by atoms with Gasteiger partial charge in [0.05, 0.1) is 7.11 Å². The summed E-state index contributed by atoms with van der Waals surface area (Å²) in [7, 11) is 1.23. The van der Waals surface area contributed by atoms with E-state index in [1.165, 1.54) is 13.3 Å². The van der Waals surface area contributed by atoms with Gasteiger partial charge in [-0.3, -0.25) is 9.59 Å². The highest BCUT2D eigenvalue weighted by Crippen LogP contribution is 2.22. The minimum absolute atomic E-state index is 0.0158. The molecule has 0 aliphatic rings. The van der Waals surface area contributed by atoms with Crippen LogP contribution in [-0.4, -0.2) is 46.1 Å². The second-order valence-corrected chi connectivity index (χ2v) is 6.71. The molecule has 0 fully saturated rings. The van der Waals surface area contributed by atoms with Crippen molar-refractivity contribution in [3.8, 4) is 0 Å². The summed E-state index contributed by atoms with van der Waals surface area (Å²) < 4.78 is 4.82. The minimum Gasteiger partial charge on any atom is -0.480 e. The summed E-state index contributed by atoms with van der Waals surface area (Å²) in [6, 6.07) is 17.7. The highest BCUT2D eigenvalue weighted by Gasteiger charge is 2.27. The standard InChI is InChI=1S/C23H21N3O5/c1-31-23(30)18(26-21(27)16-10-6-3-7-11-16)14-17-12-13-24-20(25-17)19(22(28)29)15-8-4-2-5-9-15/h2-13,18-19H,14H2,1H3,(H,26,27)(H,28,29)/t18-,19?/m0/s1. The molecule has 8 nitrogen and oxygen atoms in total. The van der Waals surface area contributed by atoms with E-state index in [0.29, 0.717) is 16.8 Å². The molecule has 0 radical (unpaired) electrons. The van der Waals surface area contributed by atoms with E-state index >= 15 is 0 Å². The molecule has 0 spiro atoms. The fourth-order valence-corrected chi connectivity index (χ4v) is 3.09. The fraction of sp³-hybridized carbons (Fsp3) is 0.174. The third-order valence-corrected chi connectivity index (χ3v) is 4.61. The van der Waals surface area contributed by atoms with Gasteiger partial charge in [0.15, 0.2) is 0 Å². The van der Waals surface area contributed by atoms with Crippen LogP contribution < -0.4 is 5.32 Å². The van der Waals surface area contributed by atoms with Gasteiger partial charge in [-0.2, -0.15) is 0 Å². The Morgan fingerprint density at radius 1 is 1.00 bits per heavy atom. The number of benzene rings is 2. The summed E-state index contributed by atoms with van der Waals surface area (Å²) >= 11 is 0. The lowest BCUT2D eigenvalue weighted by molar-refractivity contribution is -0.143. The first kappa shape index (κ1) is 21.6. The molecule has 31 heavy (non-hydrogen) atoms. The highest BCUT2D eigenvalue weighted by atomic mass is 16.5. The molecule has 158 valence electrons. The quantitative estimate of drug-likeness (QED) is 0.537. The first-order valence-corrected chi connectivity index (χ1v) is 9.53. The van der Waals surface area contributed by atoms with Crippen LogP contribution in [0.25, 0.3) is 0 Å². The Balaban J connectivity index is 1.84. The number of amides is 1. The smallest absolute Gasteiger partial charge is 0.328 e. The van der Waals surface area contributed by atoms with Crippen molar-refractivity contribution < 1.29 is 24.2 Å². The van der Waals surface area contributed by atoms with Crippen LogP contribution >= 0.6 is 0 Å². The minimum atomic E-state index is -1.09. The van der Waals surface area contributed by atoms with Gasteiger partial charge in [-0.15, -0.1) is 0 Å². The molecule has 0 aliphatic carbocycles. The zero-order valence-electron chi connectivity index (χ0n) is 16.8. The van der Waals surface area contributed by atoms with Gasteiger partial charge >= 0.3 is 11.9 Å². The normalized spacial score (nSPS) is 12.4. The van der Waals surface area contributed by atoms with Crippen LogP contribution in [0.15, 0.2) is 72.9 Å². The SMILES string of the molecule is COC(=O)[C@H](Cc1ccnc(C(C(=O)O)c2ccccc2)n1)NC(=O)c1ccccc1. The average molecular weight is 419 g/mol. The lowest BCUT2D eigenvalue weighted by Crippen LogP contribution is -2.43. The number of carbonyl (C=O) groups is 3. The molecule has 8 heteroatoms. The van der Waals surface area contributed by atoms with Crippen molar-refractivity contribution >= 4 is 17.8 Å². The number of rotatable bonds is 8. The van der Waals surface area contributed by atoms with Crippen molar-refractivity contribution in [1.29, 1.82) is 0 Å². The predicted molar refractivity (Wildman–Crippen MR) is 111 cm³/mol. The number of carboxylic acid groups (broad SMARTS) is 1. The van der Waals surface area contributed by atoms with Gasteiger partial charge in [-0.1, -0.05) is 48.5 Å². The lowest BCUT2D eigenvalue weighted by atomic mass is 9.98. The first-order valence-electron chi connectivity index (χ1n) is 9.53. The van der Waals surface area contributed by atoms with Crippen LogP contribution in [0.4, 0.5) is 0 Å². The Hall–Kier alpha value is -4.07. The van der Waals surface area contributed by atoms with Gasteiger partial charge in [0.1, 0.15) is 17.8 Å². The maximum Gasteiger partial charge on any atom is 0.328 e. The molecular formula is C23H21N3O5. The third-order valence-electron chi connectivity index (χ3n) is 4.61. The molecule has 3 rings (SSSR count). The number of carboxylic acids is 1. The summed E-state index contributed by atoms with van der Waals surface area (Å²) in [5.74, 6) is -3.13. The molecule has 0 saturated carbocycles. The second-order valence-electron chi connectivity index (χ2n) is 6.71.